The van der Waals surface area contributed by atoms with E-state index < -0.39 is 0 Å². The molecule has 2 amide bonds. The molecular weight excluding hydrogens is 494 g/mol. The largest absolute Gasteiger partial charge is 0.452 e. The molecule has 5 heterocycles. The lowest BCUT2D eigenvalue weighted by molar-refractivity contribution is 0.0306. The Labute approximate surface area is 219 Å². The molecule has 0 spiro atoms. The van der Waals surface area contributed by atoms with E-state index in [2.05, 4.69) is 20.5 Å². The minimum atomic E-state index is -0.348. The third kappa shape index (κ3) is 4.53. The van der Waals surface area contributed by atoms with Crippen LogP contribution < -0.4 is 20.3 Å². The lowest BCUT2D eigenvalue weighted by Gasteiger charge is -2.34. The zero-order valence-corrected chi connectivity index (χ0v) is 21.3. The molecule has 0 radical (unpaired) electrons. The molecule has 10 heteroatoms. The first-order chi connectivity index (χ1) is 18.0. The minimum absolute atomic E-state index is 0.229. The second-order valence-corrected chi connectivity index (χ2v) is 10.0. The molecule has 2 bridgehead atoms. The van der Waals surface area contributed by atoms with Gasteiger partial charge in [0.05, 0.1) is 23.5 Å². The first kappa shape index (κ1) is 23.8. The van der Waals surface area contributed by atoms with Crippen LogP contribution in [0.4, 0.5) is 16.2 Å². The Balaban J connectivity index is 1.28. The van der Waals surface area contributed by atoms with Crippen LogP contribution in [0.5, 0.6) is 5.75 Å². The van der Waals surface area contributed by atoms with Crippen molar-refractivity contribution in [2.45, 2.75) is 31.5 Å². The van der Waals surface area contributed by atoms with E-state index in [-0.39, 0.29) is 29.8 Å². The normalized spacial score (nSPS) is 21.4. The van der Waals surface area contributed by atoms with Crippen molar-refractivity contribution in [2.75, 3.05) is 35.7 Å². The molecule has 3 aliphatic heterocycles. The van der Waals surface area contributed by atoms with Gasteiger partial charge in [-0.15, -0.1) is 11.6 Å². The van der Waals surface area contributed by atoms with Crippen LogP contribution in [-0.4, -0.2) is 59.1 Å². The number of carbonyl (C=O) groups excluding carboxylic acids is 2. The van der Waals surface area contributed by atoms with E-state index in [1.54, 1.807) is 24.3 Å². The number of hydrogen-bond acceptors (Lipinski definition) is 6. The van der Waals surface area contributed by atoms with Crippen LogP contribution in [0.15, 0.2) is 42.4 Å². The van der Waals surface area contributed by atoms with Gasteiger partial charge in [0.15, 0.2) is 5.76 Å². The number of ether oxygens (including phenoxy) is 2. The van der Waals surface area contributed by atoms with E-state index in [0.29, 0.717) is 35.8 Å². The zero-order valence-electron chi connectivity index (χ0n) is 20.5. The first-order valence-corrected chi connectivity index (χ1v) is 13.1. The molecule has 0 aliphatic carbocycles. The molecular formula is C27H28ClN5O4. The fourth-order valence-electron chi connectivity index (χ4n) is 5.36. The average Bonchev–Trinajstić information content (AvgIpc) is 3.51. The molecule has 2 aromatic heterocycles. The number of pyridine rings is 1. The number of rotatable bonds is 6. The number of aromatic nitrogens is 2. The van der Waals surface area contributed by atoms with Crippen LogP contribution in [0.1, 0.15) is 35.2 Å². The van der Waals surface area contributed by atoms with Crippen LogP contribution in [0.2, 0.25) is 0 Å². The molecule has 3 aliphatic rings. The third-order valence-corrected chi connectivity index (χ3v) is 7.32. The Morgan fingerprint density at radius 1 is 1.24 bits per heavy atom. The summed E-state index contributed by atoms with van der Waals surface area (Å²) in [6.45, 7) is 2.16. The van der Waals surface area contributed by atoms with Crippen molar-refractivity contribution in [3.63, 3.8) is 0 Å². The second kappa shape index (κ2) is 9.72. The molecule has 2 atom stereocenters. The highest BCUT2D eigenvalue weighted by Crippen LogP contribution is 2.38. The first-order valence-electron chi connectivity index (χ1n) is 12.5. The SMILES string of the molecule is Cn1cc(/C=C2\Oc3ccc(NC(=O)NCCCCl)cc3C2=O)c2c(N3CC4CCC(C3)O4)ccnc21. The van der Waals surface area contributed by atoms with E-state index in [4.69, 9.17) is 21.1 Å². The third-order valence-electron chi connectivity index (χ3n) is 7.06. The molecule has 6 rings (SSSR count). The molecule has 2 saturated heterocycles. The quantitative estimate of drug-likeness (QED) is 0.285. The number of allylic oxidation sites excluding steroid dienone is 1. The summed E-state index contributed by atoms with van der Waals surface area (Å²) in [5, 5.41) is 6.47. The number of anilines is 2. The molecule has 2 N–H and O–H groups in total. The molecule has 192 valence electrons. The number of urea groups is 1. The van der Waals surface area contributed by atoms with Gasteiger partial charge in [-0.1, -0.05) is 0 Å². The standard InChI is InChI=1S/C27H28ClN5O4/c1-32-13-16(24-21(7-10-29-26(24)32)33-14-18-4-5-19(15-33)36-18)11-23-25(34)20-12-17(3-6-22(20)37-23)31-27(35)30-9-2-8-28/h3,6-7,10-13,18-19H,2,4-5,8-9,14-15H2,1H3,(H2,30,31,35)/b23-11-. The number of morpholine rings is 1. The van der Waals surface area contributed by atoms with Gasteiger partial charge in [-0.25, -0.2) is 9.78 Å². The number of alkyl halides is 1. The number of carbonyl (C=O) groups is 2. The summed E-state index contributed by atoms with van der Waals surface area (Å²) in [6.07, 6.45) is 8.97. The van der Waals surface area contributed by atoms with E-state index >= 15 is 0 Å². The summed E-state index contributed by atoms with van der Waals surface area (Å²) in [4.78, 5) is 32.4. The minimum Gasteiger partial charge on any atom is -0.452 e. The molecule has 37 heavy (non-hydrogen) atoms. The zero-order chi connectivity index (χ0) is 25.5. The van der Waals surface area contributed by atoms with Gasteiger partial charge in [0.1, 0.15) is 11.4 Å². The maximum Gasteiger partial charge on any atom is 0.319 e. The highest BCUT2D eigenvalue weighted by atomic mass is 35.5. The Morgan fingerprint density at radius 3 is 2.84 bits per heavy atom. The molecule has 2 fully saturated rings. The number of Topliss-reactive ketones (excluding diaryl/α,β-unsaturated/α-hetero) is 1. The molecule has 1 aromatic carbocycles. The van der Waals surface area contributed by atoms with E-state index in [1.165, 1.54) is 0 Å². The van der Waals surface area contributed by atoms with Gasteiger partial charge in [-0.05, 0) is 49.6 Å². The van der Waals surface area contributed by atoms with Crippen molar-refractivity contribution >= 4 is 51.9 Å². The predicted molar refractivity (Wildman–Crippen MR) is 143 cm³/mol. The number of nitrogens with one attached hydrogen (secondary N) is 2. The van der Waals surface area contributed by atoms with Gasteiger partial charge in [0.25, 0.3) is 0 Å². The number of aryl methyl sites for hydroxylation is 1. The van der Waals surface area contributed by atoms with Crippen molar-refractivity contribution in [3.05, 3.63) is 53.5 Å². The van der Waals surface area contributed by atoms with Crippen LogP contribution in [-0.2, 0) is 11.8 Å². The monoisotopic (exact) mass is 521 g/mol. The highest BCUT2D eigenvalue weighted by Gasteiger charge is 2.35. The second-order valence-electron chi connectivity index (χ2n) is 9.66. The van der Waals surface area contributed by atoms with Gasteiger partial charge in [0, 0.05) is 61.6 Å². The van der Waals surface area contributed by atoms with E-state index in [0.717, 1.165) is 48.2 Å². The summed E-state index contributed by atoms with van der Waals surface area (Å²) >= 11 is 5.65. The number of hydrogen-bond donors (Lipinski definition) is 2. The van der Waals surface area contributed by atoms with Crippen LogP contribution in [0.3, 0.4) is 0 Å². The summed E-state index contributed by atoms with van der Waals surface area (Å²) in [5.74, 6) is 0.950. The van der Waals surface area contributed by atoms with Gasteiger partial charge in [0.2, 0.25) is 5.78 Å². The lowest BCUT2D eigenvalue weighted by Crippen LogP contribution is -2.42. The van der Waals surface area contributed by atoms with Crippen molar-refractivity contribution in [1.29, 1.82) is 0 Å². The number of fused-ring (bicyclic) bond motifs is 4. The smallest absolute Gasteiger partial charge is 0.319 e. The Hall–Kier alpha value is -3.56. The summed E-state index contributed by atoms with van der Waals surface area (Å²) in [6, 6.07) is 6.74. The Morgan fingerprint density at radius 2 is 2.05 bits per heavy atom. The van der Waals surface area contributed by atoms with Gasteiger partial charge >= 0.3 is 6.03 Å². The van der Waals surface area contributed by atoms with Gasteiger partial charge in [-0.2, -0.15) is 0 Å². The maximum absolute atomic E-state index is 13.3. The summed E-state index contributed by atoms with van der Waals surface area (Å²) in [7, 11) is 1.95. The fourth-order valence-corrected chi connectivity index (χ4v) is 5.49. The van der Waals surface area contributed by atoms with Crippen LogP contribution >= 0.6 is 11.6 Å². The van der Waals surface area contributed by atoms with E-state index in [1.807, 2.05) is 30.1 Å². The van der Waals surface area contributed by atoms with Crippen LogP contribution in [0, 0.1) is 0 Å². The van der Waals surface area contributed by atoms with Crippen molar-refractivity contribution in [2.24, 2.45) is 7.05 Å². The maximum atomic E-state index is 13.3. The van der Waals surface area contributed by atoms with Gasteiger partial charge in [-0.3, -0.25) is 4.79 Å². The number of ketones is 1. The number of nitrogens with zero attached hydrogens (tertiary/aromatic N) is 3. The van der Waals surface area contributed by atoms with Crippen molar-refractivity contribution < 1.29 is 19.1 Å². The molecule has 0 saturated carbocycles. The number of amides is 2. The molecule has 9 nitrogen and oxygen atoms in total. The average molecular weight is 522 g/mol. The number of halogens is 1. The van der Waals surface area contributed by atoms with Gasteiger partial charge < -0.3 is 29.6 Å². The highest BCUT2D eigenvalue weighted by molar-refractivity contribution is 6.18. The summed E-state index contributed by atoms with van der Waals surface area (Å²) < 4.78 is 14.0. The Kier molecular flexibility index (Phi) is 6.26. The lowest BCUT2D eigenvalue weighted by atomic mass is 10.1. The summed E-state index contributed by atoms with van der Waals surface area (Å²) in [5.41, 5.74) is 3.73. The van der Waals surface area contributed by atoms with Crippen molar-refractivity contribution in [3.8, 4) is 5.75 Å². The van der Waals surface area contributed by atoms with E-state index in [9.17, 15) is 9.59 Å². The topological polar surface area (TPSA) is 97.7 Å². The molecule has 2 unspecified atom stereocenters. The Bertz CT molecular complexity index is 1410. The fraction of sp³-hybridized carbons (Fsp3) is 0.370. The number of benzene rings is 1. The van der Waals surface area contributed by atoms with Crippen molar-refractivity contribution in [1.82, 2.24) is 14.9 Å². The molecule has 3 aromatic rings. The van der Waals surface area contributed by atoms with Crippen LogP contribution in [0.25, 0.3) is 17.1 Å². The predicted octanol–water partition coefficient (Wildman–Crippen LogP) is 4.31.